The molecule has 0 bridgehead atoms. The Morgan fingerprint density at radius 3 is 2.62 bits per heavy atom. The van der Waals surface area contributed by atoms with Crippen molar-refractivity contribution in [3.05, 3.63) is 53.1 Å². The van der Waals surface area contributed by atoms with E-state index in [0.29, 0.717) is 37.4 Å². The van der Waals surface area contributed by atoms with Gasteiger partial charge in [0.25, 0.3) is 10.0 Å². The number of hydrogen-bond donors (Lipinski definition) is 2. The van der Waals surface area contributed by atoms with E-state index in [2.05, 4.69) is 4.72 Å². The number of ether oxygens (including phenoxy) is 1. The number of carboxylic acid groups (broad SMARTS) is 1. The van der Waals surface area contributed by atoms with Crippen LogP contribution in [-0.4, -0.2) is 45.2 Å². The summed E-state index contributed by atoms with van der Waals surface area (Å²) in [5.74, 6) is -1.79. The molecule has 1 saturated heterocycles. The lowest BCUT2D eigenvalue weighted by Crippen LogP contribution is -2.40. The summed E-state index contributed by atoms with van der Waals surface area (Å²) < 4.78 is 33.4. The highest BCUT2D eigenvalue weighted by atomic mass is 32.2. The van der Waals surface area contributed by atoms with Crippen LogP contribution in [0.3, 0.4) is 0 Å². The monoisotopic (exact) mass is 460 g/mol. The van der Waals surface area contributed by atoms with Crippen molar-refractivity contribution in [2.24, 2.45) is 5.92 Å². The van der Waals surface area contributed by atoms with Gasteiger partial charge in [-0.05, 0) is 69.0 Å². The average molecular weight is 461 g/mol. The molecule has 0 unspecified atom stereocenters. The van der Waals surface area contributed by atoms with Crippen molar-refractivity contribution in [2.75, 3.05) is 29.3 Å². The van der Waals surface area contributed by atoms with Crippen molar-refractivity contribution < 1.29 is 27.9 Å². The Labute approximate surface area is 188 Å². The molecule has 2 N–H and O–H groups in total. The van der Waals surface area contributed by atoms with Gasteiger partial charge in [0.15, 0.2) is 0 Å². The molecule has 8 nitrogen and oxygen atoms in total. The quantitative estimate of drug-likeness (QED) is 0.607. The van der Waals surface area contributed by atoms with E-state index in [-0.39, 0.29) is 28.0 Å². The standard InChI is InChI=1S/C23H28N2O6S/c1-4-31-23(28)17-6-5-11-25(14-17)20-10-9-18(13-19(20)22(26)27)24-32(29,30)21-12-15(2)7-8-16(21)3/h7-10,12-13,17,24H,4-6,11,14H2,1-3H3,(H,26,27)/t17-/m1/s1. The van der Waals surface area contributed by atoms with E-state index in [1.807, 2.05) is 11.0 Å². The lowest BCUT2D eigenvalue weighted by atomic mass is 9.97. The number of rotatable bonds is 7. The van der Waals surface area contributed by atoms with Crippen molar-refractivity contribution in [1.82, 2.24) is 0 Å². The smallest absolute Gasteiger partial charge is 0.337 e. The Bertz CT molecular complexity index is 1130. The second kappa shape index (κ2) is 9.60. The fourth-order valence-electron chi connectivity index (χ4n) is 3.90. The summed E-state index contributed by atoms with van der Waals surface area (Å²) in [6.45, 7) is 6.51. The third-order valence-electron chi connectivity index (χ3n) is 5.49. The SMILES string of the molecule is CCOC(=O)[C@@H]1CCCN(c2ccc(NS(=O)(=O)c3cc(C)ccc3C)cc2C(=O)O)C1. The maximum absolute atomic E-state index is 12.9. The zero-order valence-electron chi connectivity index (χ0n) is 18.4. The predicted molar refractivity (Wildman–Crippen MR) is 122 cm³/mol. The van der Waals surface area contributed by atoms with Crippen molar-refractivity contribution in [1.29, 1.82) is 0 Å². The lowest BCUT2D eigenvalue weighted by molar-refractivity contribution is -0.148. The van der Waals surface area contributed by atoms with Crippen LogP contribution in [0.4, 0.5) is 11.4 Å². The molecule has 0 spiro atoms. The molecule has 2 aromatic rings. The van der Waals surface area contributed by atoms with Gasteiger partial charge in [-0.3, -0.25) is 9.52 Å². The number of anilines is 2. The first-order chi connectivity index (χ1) is 15.1. The van der Waals surface area contributed by atoms with E-state index >= 15 is 0 Å². The highest BCUT2D eigenvalue weighted by molar-refractivity contribution is 7.92. The summed E-state index contributed by atoms with van der Waals surface area (Å²) in [6.07, 6.45) is 1.41. The van der Waals surface area contributed by atoms with Gasteiger partial charge in [0, 0.05) is 18.8 Å². The number of carboxylic acids is 1. The van der Waals surface area contributed by atoms with Gasteiger partial charge in [-0.15, -0.1) is 0 Å². The highest BCUT2D eigenvalue weighted by Gasteiger charge is 2.29. The van der Waals surface area contributed by atoms with Gasteiger partial charge < -0.3 is 14.7 Å². The van der Waals surface area contributed by atoms with Gasteiger partial charge in [-0.2, -0.15) is 0 Å². The van der Waals surface area contributed by atoms with E-state index in [4.69, 9.17) is 4.74 Å². The van der Waals surface area contributed by atoms with Crippen LogP contribution in [-0.2, 0) is 19.6 Å². The minimum atomic E-state index is -3.89. The maximum Gasteiger partial charge on any atom is 0.337 e. The molecular formula is C23H28N2O6S. The number of piperidine rings is 1. The Morgan fingerprint density at radius 2 is 1.94 bits per heavy atom. The van der Waals surface area contributed by atoms with Crippen molar-refractivity contribution in [2.45, 2.75) is 38.5 Å². The average Bonchev–Trinajstić information content (AvgIpc) is 2.75. The van der Waals surface area contributed by atoms with E-state index < -0.39 is 16.0 Å². The second-order valence-corrected chi connectivity index (χ2v) is 9.60. The minimum Gasteiger partial charge on any atom is -0.478 e. The van der Waals surface area contributed by atoms with Crippen LogP contribution >= 0.6 is 0 Å². The van der Waals surface area contributed by atoms with E-state index in [1.165, 1.54) is 6.07 Å². The highest BCUT2D eigenvalue weighted by Crippen LogP contribution is 2.30. The Kier molecular flexibility index (Phi) is 7.08. The van der Waals surface area contributed by atoms with E-state index in [1.54, 1.807) is 45.0 Å². The first-order valence-electron chi connectivity index (χ1n) is 10.5. The topological polar surface area (TPSA) is 113 Å². The van der Waals surface area contributed by atoms with Gasteiger partial charge in [-0.1, -0.05) is 12.1 Å². The predicted octanol–water partition coefficient (Wildman–Crippen LogP) is 3.58. The molecule has 9 heteroatoms. The van der Waals surface area contributed by atoms with Crippen LogP contribution in [0.15, 0.2) is 41.3 Å². The van der Waals surface area contributed by atoms with Gasteiger partial charge in [0.05, 0.1) is 28.7 Å². The number of esters is 1. The number of carbonyl (C=O) groups excluding carboxylic acids is 1. The third-order valence-corrected chi connectivity index (χ3v) is 7.02. The van der Waals surface area contributed by atoms with Crippen LogP contribution in [0.2, 0.25) is 0 Å². The molecule has 0 aromatic heterocycles. The van der Waals surface area contributed by atoms with E-state index in [0.717, 1.165) is 12.0 Å². The summed E-state index contributed by atoms with van der Waals surface area (Å²) in [4.78, 5) is 26.1. The molecule has 2 aromatic carbocycles. The first kappa shape index (κ1) is 23.6. The molecule has 32 heavy (non-hydrogen) atoms. The van der Waals surface area contributed by atoms with Gasteiger partial charge >= 0.3 is 11.9 Å². The molecule has 3 rings (SSSR count). The fraction of sp³-hybridized carbons (Fsp3) is 0.391. The first-order valence-corrected chi connectivity index (χ1v) is 12.0. The molecule has 1 aliphatic rings. The molecule has 1 heterocycles. The maximum atomic E-state index is 12.9. The molecule has 0 radical (unpaired) electrons. The molecule has 1 atom stereocenters. The van der Waals surface area contributed by atoms with Gasteiger partial charge in [-0.25, -0.2) is 13.2 Å². The third kappa shape index (κ3) is 5.21. The number of nitrogens with zero attached hydrogens (tertiary/aromatic N) is 1. The molecule has 0 aliphatic carbocycles. The Hall–Kier alpha value is -3.07. The van der Waals surface area contributed by atoms with Crippen LogP contribution in [0, 0.1) is 19.8 Å². The van der Waals surface area contributed by atoms with Crippen LogP contribution < -0.4 is 9.62 Å². The largest absolute Gasteiger partial charge is 0.478 e. The zero-order chi connectivity index (χ0) is 23.5. The number of benzene rings is 2. The normalized spacial score (nSPS) is 16.5. The molecule has 1 fully saturated rings. The van der Waals surface area contributed by atoms with Crippen molar-refractivity contribution >= 4 is 33.3 Å². The van der Waals surface area contributed by atoms with Gasteiger partial charge in [0.1, 0.15) is 0 Å². The van der Waals surface area contributed by atoms with Crippen LogP contribution in [0.5, 0.6) is 0 Å². The lowest BCUT2D eigenvalue weighted by Gasteiger charge is -2.34. The number of hydrogen-bond acceptors (Lipinski definition) is 6. The number of aryl methyl sites for hydroxylation is 2. The minimum absolute atomic E-state index is 0.0318. The summed E-state index contributed by atoms with van der Waals surface area (Å²) >= 11 is 0. The molecule has 0 amide bonds. The molecular weight excluding hydrogens is 432 g/mol. The number of aromatic carboxylic acids is 1. The fourth-order valence-corrected chi connectivity index (χ4v) is 5.28. The summed E-state index contributed by atoms with van der Waals surface area (Å²) in [5.41, 5.74) is 1.97. The Morgan fingerprint density at radius 1 is 1.19 bits per heavy atom. The molecule has 172 valence electrons. The van der Waals surface area contributed by atoms with Crippen LogP contribution in [0.25, 0.3) is 0 Å². The number of carbonyl (C=O) groups is 2. The summed E-state index contributed by atoms with van der Waals surface area (Å²) in [7, 11) is -3.89. The van der Waals surface area contributed by atoms with Crippen molar-refractivity contribution in [3.8, 4) is 0 Å². The Balaban J connectivity index is 1.89. The van der Waals surface area contributed by atoms with Gasteiger partial charge in [0.2, 0.25) is 0 Å². The molecule has 0 saturated carbocycles. The molecule has 1 aliphatic heterocycles. The number of nitrogens with one attached hydrogen (secondary N) is 1. The summed E-state index contributed by atoms with van der Waals surface area (Å²) in [5, 5.41) is 9.78. The number of sulfonamides is 1. The second-order valence-electron chi connectivity index (χ2n) is 7.95. The van der Waals surface area contributed by atoms with E-state index in [9.17, 15) is 23.1 Å². The summed E-state index contributed by atoms with van der Waals surface area (Å²) in [6, 6.07) is 9.57. The van der Waals surface area contributed by atoms with Crippen LogP contribution in [0.1, 0.15) is 41.3 Å². The zero-order valence-corrected chi connectivity index (χ0v) is 19.2. The van der Waals surface area contributed by atoms with Crippen molar-refractivity contribution in [3.63, 3.8) is 0 Å².